The summed E-state index contributed by atoms with van der Waals surface area (Å²) in [5.41, 5.74) is 0.657. The third kappa shape index (κ3) is 4.06. The molecule has 1 aliphatic rings. The Morgan fingerprint density at radius 3 is 2.80 bits per heavy atom. The van der Waals surface area contributed by atoms with Gasteiger partial charge in [-0.25, -0.2) is 4.98 Å². The lowest BCUT2D eigenvalue weighted by Gasteiger charge is -2.18. The number of rotatable bonds is 6. The van der Waals surface area contributed by atoms with Gasteiger partial charge < -0.3 is 5.32 Å². The molecule has 0 bridgehead atoms. The summed E-state index contributed by atoms with van der Waals surface area (Å²) in [7, 11) is 0. The summed E-state index contributed by atoms with van der Waals surface area (Å²) >= 11 is 1.37. The Morgan fingerprint density at radius 1 is 1.36 bits per heavy atom. The summed E-state index contributed by atoms with van der Waals surface area (Å²) in [4.78, 5) is 29.9. The van der Waals surface area contributed by atoms with Gasteiger partial charge in [0.15, 0.2) is 5.16 Å². The maximum atomic E-state index is 12.8. The monoisotopic (exact) mass is 359 g/mol. The Bertz CT molecular complexity index is 812. The highest BCUT2D eigenvalue weighted by atomic mass is 32.2. The van der Waals surface area contributed by atoms with Crippen LogP contribution in [0.25, 0.3) is 10.9 Å². The fourth-order valence-electron chi connectivity index (χ4n) is 3.26. The first-order chi connectivity index (χ1) is 12.1. The fourth-order valence-corrected chi connectivity index (χ4v) is 4.20. The maximum Gasteiger partial charge on any atom is 0.262 e. The minimum absolute atomic E-state index is 0.0293. The van der Waals surface area contributed by atoms with E-state index in [0.717, 1.165) is 19.3 Å². The predicted molar refractivity (Wildman–Crippen MR) is 102 cm³/mol. The van der Waals surface area contributed by atoms with Crippen LogP contribution in [0.3, 0.4) is 0 Å². The number of nitrogens with one attached hydrogen (secondary N) is 1. The fraction of sp³-hybridized carbons (Fsp3) is 0.526. The highest BCUT2D eigenvalue weighted by Gasteiger charge is 2.23. The number of hydrogen-bond acceptors (Lipinski definition) is 4. The van der Waals surface area contributed by atoms with Gasteiger partial charge in [0.2, 0.25) is 5.91 Å². The minimum atomic E-state index is -0.281. The largest absolute Gasteiger partial charge is 0.352 e. The first-order valence-electron chi connectivity index (χ1n) is 9.06. The molecule has 6 heteroatoms. The van der Waals surface area contributed by atoms with E-state index in [1.165, 1.54) is 24.6 Å². The molecule has 134 valence electrons. The van der Waals surface area contributed by atoms with Crippen LogP contribution >= 0.6 is 11.8 Å². The maximum absolute atomic E-state index is 12.8. The van der Waals surface area contributed by atoms with Crippen molar-refractivity contribution in [1.82, 2.24) is 14.9 Å². The Balaban J connectivity index is 1.84. The lowest BCUT2D eigenvalue weighted by molar-refractivity contribution is -0.120. The van der Waals surface area contributed by atoms with Gasteiger partial charge in [0.1, 0.15) is 0 Å². The van der Waals surface area contributed by atoms with Crippen LogP contribution in [0.2, 0.25) is 0 Å². The van der Waals surface area contributed by atoms with Crippen LogP contribution in [-0.2, 0) is 11.3 Å². The summed E-state index contributed by atoms with van der Waals surface area (Å²) in [6, 6.07) is 7.69. The molecule has 1 aliphatic carbocycles. The molecule has 0 saturated heterocycles. The Hall–Kier alpha value is -1.82. The molecule has 3 rings (SSSR count). The van der Waals surface area contributed by atoms with Crippen molar-refractivity contribution >= 4 is 28.6 Å². The second-order valence-electron chi connectivity index (χ2n) is 6.62. The van der Waals surface area contributed by atoms with Gasteiger partial charge in [0, 0.05) is 12.6 Å². The van der Waals surface area contributed by atoms with Gasteiger partial charge in [-0.1, -0.05) is 43.7 Å². The van der Waals surface area contributed by atoms with Gasteiger partial charge in [-0.15, -0.1) is 0 Å². The molecule has 0 radical (unpaired) electrons. The second kappa shape index (κ2) is 8.04. The zero-order chi connectivity index (χ0) is 17.8. The van der Waals surface area contributed by atoms with Gasteiger partial charge in [-0.05, 0) is 38.3 Å². The molecule has 2 aromatic rings. The Kier molecular flexibility index (Phi) is 5.78. The zero-order valence-corrected chi connectivity index (χ0v) is 15.6. The molecule has 1 heterocycles. The van der Waals surface area contributed by atoms with E-state index < -0.39 is 0 Å². The number of fused-ring (bicyclic) bond motifs is 1. The molecule has 1 N–H and O–H groups in total. The van der Waals surface area contributed by atoms with Crippen molar-refractivity contribution in [2.24, 2.45) is 0 Å². The molecule has 0 aliphatic heterocycles. The number of hydrogen-bond donors (Lipinski definition) is 1. The first-order valence-corrected chi connectivity index (χ1v) is 9.94. The molecule has 1 aromatic carbocycles. The van der Waals surface area contributed by atoms with Crippen molar-refractivity contribution in [3.05, 3.63) is 34.6 Å². The van der Waals surface area contributed by atoms with Crippen molar-refractivity contribution in [2.75, 3.05) is 0 Å². The number of para-hydroxylation sites is 1. The standard InChI is InChI=1S/C19H25N3O2S/c1-3-12-22-18(24)15-10-6-7-11-16(15)21-19(22)25-13(2)17(23)20-14-8-4-5-9-14/h6-7,10-11,13-14H,3-5,8-9,12H2,1-2H3,(H,20,23)/t13-/m0/s1. The van der Waals surface area contributed by atoms with Gasteiger partial charge in [-0.2, -0.15) is 0 Å². The highest BCUT2D eigenvalue weighted by Crippen LogP contribution is 2.24. The van der Waals surface area contributed by atoms with Crippen LogP contribution in [0, 0.1) is 0 Å². The molecule has 0 spiro atoms. The summed E-state index contributed by atoms with van der Waals surface area (Å²) < 4.78 is 1.70. The Morgan fingerprint density at radius 2 is 2.08 bits per heavy atom. The normalized spacial score (nSPS) is 16.2. The quantitative estimate of drug-likeness (QED) is 0.635. The smallest absolute Gasteiger partial charge is 0.262 e. The van der Waals surface area contributed by atoms with Crippen LogP contribution in [-0.4, -0.2) is 26.8 Å². The van der Waals surface area contributed by atoms with Gasteiger partial charge in [0.25, 0.3) is 5.56 Å². The Labute approximate surface area is 152 Å². The van der Waals surface area contributed by atoms with E-state index in [4.69, 9.17) is 0 Å². The molecule has 1 fully saturated rings. The lowest BCUT2D eigenvalue weighted by atomic mass is 10.2. The number of thioether (sulfide) groups is 1. The van der Waals surface area contributed by atoms with Gasteiger partial charge in [0.05, 0.1) is 16.2 Å². The molecular weight excluding hydrogens is 334 g/mol. The predicted octanol–water partition coefficient (Wildman–Crippen LogP) is 3.35. The number of carbonyl (C=O) groups excluding carboxylic acids is 1. The topological polar surface area (TPSA) is 64.0 Å². The summed E-state index contributed by atoms with van der Waals surface area (Å²) in [6.45, 7) is 4.52. The number of amides is 1. The molecule has 25 heavy (non-hydrogen) atoms. The molecule has 5 nitrogen and oxygen atoms in total. The molecular formula is C19H25N3O2S. The summed E-state index contributed by atoms with van der Waals surface area (Å²) in [5.74, 6) is 0.0300. The van der Waals surface area contributed by atoms with E-state index in [1.807, 2.05) is 38.1 Å². The van der Waals surface area contributed by atoms with Crippen molar-refractivity contribution in [2.45, 2.75) is 68.9 Å². The van der Waals surface area contributed by atoms with E-state index >= 15 is 0 Å². The van der Waals surface area contributed by atoms with Crippen LogP contribution < -0.4 is 10.9 Å². The van der Waals surface area contributed by atoms with Crippen LogP contribution in [0.4, 0.5) is 0 Å². The van der Waals surface area contributed by atoms with Crippen LogP contribution in [0.15, 0.2) is 34.2 Å². The average Bonchev–Trinajstić information content (AvgIpc) is 3.11. The number of carbonyl (C=O) groups is 1. The molecule has 1 aromatic heterocycles. The third-order valence-corrected chi connectivity index (χ3v) is 5.72. The number of benzene rings is 1. The van der Waals surface area contributed by atoms with Crippen LogP contribution in [0.5, 0.6) is 0 Å². The van der Waals surface area contributed by atoms with E-state index in [0.29, 0.717) is 28.6 Å². The van der Waals surface area contributed by atoms with Crippen molar-refractivity contribution in [1.29, 1.82) is 0 Å². The van der Waals surface area contributed by atoms with Crippen molar-refractivity contribution in [3.8, 4) is 0 Å². The van der Waals surface area contributed by atoms with E-state index in [-0.39, 0.29) is 16.7 Å². The second-order valence-corrected chi connectivity index (χ2v) is 7.93. The van der Waals surface area contributed by atoms with Crippen molar-refractivity contribution in [3.63, 3.8) is 0 Å². The highest BCUT2D eigenvalue weighted by molar-refractivity contribution is 8.00. The van der Waals surface area contributed by atoms with Gasteiger partial charge >= 0.3 is 0 Å². The first kappa shape index (κ1) is 18.0. The molecule has 1 amide bonds. The SMILES string of the molecule is CCCn1c(S[C@@H](C)C(=O)NC2CCCC2)nc2ccccc2c1=O. The van der Waals surface area contributed by atoms with Gasteiger partial charge in [-0.3, -0.25) is 14.2 Å². The summed E-state index contributed by atoms with van der Waals surface area (Å²) in [6.07, 6.45) is 5.36. The molecule has 1 saturated carbocycles. The van der Waals surface area contributed by atoms with E-state index in [1.54, 1.807) is 4.57 Å². The number of nitrogens with zero attached hydrogens (tertiary/aromatic N) is 2. The van der Waals surface area contributed by atoms with Crippen LogP contribution in [0.1, 0.15) is 46.0 Å². The average molecular weight is 359 g/mol. The summed E-state index contributed by atoms with van der Waals surface area (Å²) in [5, 5.41) is 4.10. The van der Waals surface area contributed by atoms with E-state index in [9.17, 15) is 9.59 Å². The molecule has 0 unspecified atom stereocenters. The lowest BCUT2D eigenvalue weighted by Crippen LogP contribution is -2.38. The van der Waals surface area contributed by atoms with E-state index in [2.05, 4.69) is 10.3 Å². The number of aromatic nitrogens is 2. The zero-order valence-electron chi connectivity index (χ0n) is 14.8. The third-order valence-electron chi connectivity index (χ3n) is 4.63. The molecule has 1 atom stereocenters. The minimum Gasteiger partial charge on any atom is -0.352 e. The van der Waals surface area contributed by atoms with Crippen molar-refractivity contribution < 1.29 is 4.79 Å².